The molecule has 1 amide bonds. The van der Waals surface area contributed by atoms with E-state index in [1.165, 1.54) is 12.2 Å². The molecular weight excluding hydrogens is 515 g/mol. The summed E-state index contributed by atoms with van der Waals surface area (Å²) in [6.45, 7) is 3.41. The number of carbonyl (C=O) groups excluding carboxylic acids is 1. The molecule has 0 saturated carbocycles. The van der Waals surface area contributed by atoms with Crippen LogP contribution < -0.4 is 16.0 Å². The van der Waals surface area contributed by atoms with Gasteiger partial charge in [0.15, 0.2) is 5.96 Å². The van der Waals surface area contributed by atoms with Crippen molar-refractivity contribution in [1.82, 2.24) is 10.6 Å². The molecule has 0 saturated heterocycles. The van der Waals surface area contributed by atoms with Crippen LogP contribution in [0, 0.1) is 6.92 Å². The molecule has 0 unspecified atom stereocenters. The summed E-state index contributed by atoms with van der Waals surface area (Å²) in [6, 6.07) is 5.81. The van der Waals surface area contributed by atoms with Crippen molar-refractivity contribution in [2.75, 3.05) is 37.5 Å². The zero-order valence-corrected chi connectivity index (χ0v) is 19.8. The topological polar surface area (TPSA) is 65.5 Å². The molecular formula is C17H28BrIN4OS. The van der Waals surface area contributed by atoms with Crippen LogP contribution in [0.4, 0.5) is 5.69 Å². The third-order valence-corrected chi connectivity index (χ3v) is 4.59. The molecule has 0 aliphatic carbocycles. The molecule has 8 heteroatoms. The van der Waals surface area contributed by atoms with Gasteiger partial charge in [0, 0.05) is 36.7 Å². The molecule has 25 heavy (non-hydrogen) atoms. The molecule has 1 aromatic rings. The van der Waals surface area contributed by atoms with Gasteiger partial charge in [-0.1, -0.05) is 15.9 Å². The summed E-state index contributed by atoms with van der Waals surface area (Å²) >= 11 is 5.28. The van der Waals surface area contributed by atoms with Crippen molar-refractivity contribution in [3.63, 3.8) is 0 Å². The Balaban J connectivity index is 0.00000576. The maximum atomic E-state index is 12.0. The second-order valence-electron chi connectivity index (χ2n) is 5.38. The number of amides is 1. The first-order chi connectivity index (χ1) is 11.6. The summed E-state index contributed by atoms with van der Waals surface area (Å²) in [5, 5.41) is 9.36. The zero-order chi connectivity index (χ0) is 17.8. The fourth-order valence-electron chi connectivity index (χ4n) is 2.07. The summed E-state index contributed by atoms with van der Waals surface area (Å²) in [4.78, 5) is 16.2. The number of aryl methyl sites for hydroxylation is 1. The average Bonchev–Trinajstić information content (AvgIpc) is 2.55. The van der Waals surface area contributed by atoms with Crippen molar-refractivity contribution in [3.8, 4) is 0 Å². The predicted molar refractivity (Wildman–Crippen MR) is 125 cm³/mol. The first-order valence-corrected chi connectivity index (χ1v) is 10.2. The second-order valence-corrected chi connectivity index (χ2v) is 7.28. The quantitative estimate of drug-likeness (QED) is 0.191. The molecule has 0 bridgehead atoms. The maximum Gasteiger partial charge on any atom is 0.226 e. The Kier molecular flexibility index (Phi) is 14.4. The van der Waals surface area contributed by atoms with Gasteiger partial charge in [-0.05, 0) is 55.5 Å². The highest BCUT2D eigenvalue weighted by Crippen LogP contribution is 2.19. The lowest BCUT2D eigenvalue weighted by atomic mass is 10.2. The Morgan fingerprint density at radius 1 is 1.24 bits per heavy atom. The van der Waals surface area contributed by atoms with E-state index in [0.29, 0.717) is 13.0 Å². The molecule has 0 spiro atoms. The number of hydrogen-bond acceptors (Lipinski definition) is 3. The third-order valence-electron chi connectivity index (χ3n) is 3.40. The van der Waals surface area contributed by atoms with Crippen molar-refractivity contribution in [2.24, 2.45) is 4.99 Å². The minimum atomic E-state index is -0.0108. The number of aliphatic imine (C=N–C) groups is 1. The van der Waals surface area contributed by atoms with Crippen molar-refractivity contribution in [1.29, 1.82) is 0 Å². The van der Waals surface area contributed by atoms with E-state index in [9.17, 15) is 4.79 Å². The van der Waals surface area contributed by atoms with Crippen molar-refractivity contribution < 1.29 is 4.79 Å². The molecule has 0 aliphatic rings. The number of nitrogens with one attached hydrogen (secondary N) is 3. The SMILES string of the molecule is CN=C(NCCCCSC)NCCC(=O)Nc1ccc(Br)cc1C.I. The van der Waals surface area contributed by atoms with Crippen LogP contribution in [-0.4, -0.2) is 44.0 Å². The highest BCUT2D eigenvalue weighted by molar-refractivity contribution is 14.0. The molecule has 0 atom stereocenters. The Morgan fingerprint density at radius 3 is 2.60 bits per heavy atom. The number of nitrogens with zero attached hydrogens (tertiary/aromatic N) is 1. The third kappa shape index (κ3) is 11.0. The van der Waals surface area contributed by atoms with Crippen LogP contribution in [-0.2, 0) is 4.79 Å². The Bertz CT molecular complexity index is 557. The minimum absolute atomic E-state index is 0. The monoisotopic (exact) mass is 542 g/mol. The van der Waals surface area contributed by atoms with Gasteiger partial charge < -0.3 is 16.0 Å². The van der Waals surface area contributed by atoms with Crippen LogP contribution in [0.15, 0.2) is 27.7 Å². The summed E-state index contributed by atoms with van der Waals surface area (Å²) < 4.78 is 1.01. The van der Waals surface area contributed by atoms with E-state index < -0.39 is 0 Å². The number of thioether (sulfide) groups is 1. The van der Waals surface area contributed by atoms with E-state index in [1.54, 1.807) is 7.05 Å². The van der Waals surface area contributed by atoms with E-state index in [0.717, 1.165) is 34.6 Å². The van der Waals surface area contributed by atoms with Crippen LogP contribution in [0.1, 0.15) is 24.8 Å². The van der Waals surface area contributed by atoms with Gasteiger partial charge in [-0.3, -0.25) is 9.79 Å². The van der Waals surface area contributed by atoms with E-state index in [2.05, 4.69) is 43.1 Å². The lowest BCUT2D eigenvalue weighted by Crippen LogP contribution is -2.39. The molecule has 5 nitrogen and oxygen atoms in total. The van der Waals surface area contributed by atoms with Gasteiger partial charge >= 0.3 is 0 Å². The molecule has 0 aliphatic heterocycles. The van der Waals surface area contributed by atoms with E-state index >= 15 is 0 Å². The molecule has 0 aromatic heterocycles. The van der Waals surface area contributed by atoms with Crippen molar-refractivity contribution in [3.05, 3.63) is 28.2 Å². The van der Waals surface area contributed by atoms with Crippen LogP contribution in [0.5, 0.6) is 0 Å². The van der Waals surface area contributed by atoms with Crippen LogP contribution in [0.3, 0.4) is 0 Å². The number of guanidine groups is 1. The molecule has 0 fully saturated rings. The Hall–Kier alpha value is -0.480. The van der Waals surface area contributed by atoms with Crippen molar-refractivity contribution >= 4 is 69.2 Å². The van der Waals surface area contributed by atoms with Gasteiger partial charge in [0.1, 0.15) is 0 Å². The van der Waals surface area contributed by atoms with Crippen LogP contribution >= 0.6 is 51.7 Å². The number of halogens is 2. The maximum absolute atomic E-state index is 12.0. The standard InChI is InChI=1S/C17H27BrN4OS.HI/c1-13-12-14(18)6-7-15(13)22-16(23)8-10-21-17(19-2)20-9-4-5-11-24-3;/h6-7,12H,4-5,8-11H2,1-3H3,(H,22,23)(H2,19,20,21);1H. The number of carbonyl (C=O) groups is 1. The smallest absolute Gasteiger partial charge is 0.226 e. The molecule has 1 aromatic carbocycles. The molecule has 142 valence electrons. The first-order valence-electron chi connectivity index (χ1n) is 8.06. The van der Waals surface area contributed by atoms with Gasteiger partial charge in [-0.25, -0.2) is 0 Å². The number of anilines is 1. The zero-order valence-electron chi connectivity index (χ0n) is 15.0. The van der Waals surface area contributed by atoms with E-state index in [1.807, 2.05) is 36.9 Å². The normalized spacial score (nSPS) is 10.8. The fourth-order valence-corrected chi connectivity index (χ4v) is 3.04. The van der Waals surface area contributed by atoms with Gasteiger partial charge in [-0.2, -0.15) is 11.8 Å². The first kappa shape index (κ1) is 24.5. The molecule has 3 N–H and O–H groups in total. The largest absolute Gasteiger partial charge is 0.356 e. The van der Waals surface area contributed by atoms with Crippen LogP contribution in [0.2, 0.25) is 0 Å². The van der Waals surface area contributed by atoms with Crippen LogP contribution in [0.25, 0.3) is 0 Å². The summed E-state index contributed by atoms with van der Waals surface area (Å²) in [5.74, 6) is 1.92. The van der Waals surface area contributed by atoms with E-state index in [4.69, 9.17) is 0 Å². The molecule has 0 radical (unpaired) electrons. The molecule has 0 heterocycles. The second kappa shape index (κ2) is 14.7. The van der Waals surface area contributed by atoms with Gasteiger partial charge in [0.25, 0.3) is 0 Å². The Morgan fingerprint density at radius 2 is 1.96 bits per heavy atom. The number of benzene rings is 1. The van der Waals surface area contributed by atoms with Crippen molar-refractivity contribution in [2.45, 2.75) is 26.2 Å². The highest BCUT2D eigenvalue weighted by Gasteiger charge is 2.05. The van der Waals surface area contributed by atoms with E-state index in [-0.39, 0.29) is 29.9 Å². The number of unbranched alkanes of at least 4 members (excludes halogenated alkanes) is 1. The average molecular weight is 543 g/mol. The molecule has 1 rings (SSSR count). The summed E-state index contributed by atoms with van der Waals surface area (Å²) in [7, 11) is 1.74. The summed E-state index contributed by atoms with van der Waals surface area (Å²) in [5.41, 5.74) is 1.88. The fraction of sp³-hybridized carbons (Fsp3) is 0.529. The number of hydrogen-bond donors (Lipinski definition) is 3. The summed E-state index contributed by atoms with van der Waals surface area (Å²) in [6.07, 6.45) is 4.82. The van der Waals surface area contributed by atoms with Gasteiger partial charge in [-0.15, -0.1) is 24.0 Å². The lowest BCUT2D eigenvalue weighted by Gasteiger charge is -2.12. The van der Waals surface area contributed by atoms with Gasteiger partial charge in [0.2, 0.25) is 5.91 Å². The van der Waals surface area contributed by atoms with Gasteiger partial charge in [0.05, 0.1) is 0 Å². The minimum Gasteiger partial charge on any atom is -0.356 e. The lowest BCUT2D eigenvalue weighted by molar-refractivity contribution is -0.116. The Labute approximate surface area is 180 Å². The number of rotatable bonds is 9. The predicted octanol–water partition coefficient (Wildman–Crippen LogP) is 4.01. The highest BCUT2D eigenvalue weighted by atomic mass is 127.